The van der Waals surface area contributed by atoms with Crippen LogP contribution in [0.15, 0.2) is 46.9 Å². The molecular formula is C22H22BrNO4. The maximum absolute atomic E-state index is 12.9. The highest BCUT2D eigenvalue weighted by molar-refractivity contribution is 9.10. The molecule has 3 aromatic rings. The van der Waals surface area contributed by atoms with Crippen molar-refractivity contribution in [3.63, 3.8) is 0 Å². The number of esters is 1. The van der Waals surface area contributed by atoms with Crippen LogP contribution in [-0.2, 0) is 16.1 Å². The van der Waals surface area contributed by atoms with Crippen molar-refractivity contribution in [3.8, 4) is 5.75 Å². The molecule has 0 saturated carbocycles. The molecule has 0 fully saturated rings. The minimum absolute atomic E-state index is 0.0676. The Hall–Kier alpha value is -2.60. The molecule has 3 rings (SSSR count). The summed E-state index contributed by atoms with van der Waals surface area (Å²) < 4.78 is 13.2. The van der Waals surface area contributed by atoms with Gasteiger partial charge < -0.3 is 14.0 Å². The van der Waals surface area contributed by atoms with E-state index in [9.17, 15) is 9.59 Å². The zero-order valence-corrected chi connectivity index (χ0v) is 17.7. The molecule has 0 atom stereocenters. The molecule has 146 valence electrons. The van der Waals surface area contributed by atoms with Gasteiger partial charge in [0.2, 0.25) is 0 Å². The van der Waals surface area contributed by atoms with Crippen LogP contribution in [0.2, 0.25) is 0 Å². The SMILES string of the molecule is COC(=O)CCC(=O)c1c(C)n(Cc2ccc(Br)cc2)c2ccc(OC)cc12. The van der Waals surface area contributed by atoms with Crippen LogP contribution in [0.5, 0.6) is 5.75 Å². The van der Waals surface area contributed by atoms with Crippen molar-refractivity contribution in [2.45, 2.75) is 26.3 Å². The molecule has 0 aliphatic carbocycles. The normalized spacial score (nSPS) is 10.9. The summed E-state index contributed by atoms with van der Waals surface area (Å²) >= 11 is 3.46. The molecule has 0 amide bonds. The Kier molecular flexibility index (Phi) is 6.19. The van der Waals surface area contributed by atoms with E-state index in [1.807, 2.05) is 37.3 Å². The van der Waals surface area contributed by atoms with Crippen LogP contribution < -0.4 is 4.74 Å². The summed E-state index contributed by atoms with van der Waals surface area (Å²) in [5, 5.41) is 0.837. The molecule has 0 aliphatic heterocycles. The van der Waals surface area contributed by atoms with Crippen LogP contribution in [0, 0.1) is 6.92 Å². The number of carbonyl (C=O) groups is 2. The Bertz CT molecular complexity index is 1020. The van der Waals surface area contributed by atoms with Crippen LogP contribution in [0.3, 0.4) is 0 Å². The van der Waals surface area contributed by atoms with E-state index in [4.69, 9.17) is 4.74 Å². The lowest BCUT2D eigenvalue weighted by Gasteiger charge is -2.09. The molecule has 6 heteroatoms. The van der Waals surface area contributed by atoms with Gasteiger partial charge >= 0.3 is 5.97 Å². The van der Waals surface area contributed by atoms with Crippen molar-refractivity contribution < 1.29 is 19.1 Å². The lowest BCUT2D eigenvalue weighted by atomic mass is 10.0. The molecule has 5 nitrogen and oxygen atoms in total. The fraction of sp³-hybridized carbons (Fsp3) is 0.273. The van der Waals surface area contributed by atoms with Crippen molar-refractivity contribution in [3.05, 3.63) is 63.8 Å². The summed E-state index contributed by atoms with van der Waals surface area (Å²) in [6, 6.07) is 13.9. The summed E-state index contributed by atoms with van der Waals surface area (Å²) in [7, 11) is 2.93. The third-order valence-corrected chi connectivity index (χ3v) is 5.38. The average Bonchev–Trinajstić information content (AvgIpc) is 2.98. The third-order valence-electron chi connectivity index (χ3n) is 4.85. The van der Waals surface area contributed by atoms with Crippen LogP contribution >= 0.6 is 15.9 Å². The molecule has 1 heterocycles. The van der Waals surface area contributed by atoms with E-state index in [-0.39, 0.29) is 24.6 Å². The Morgan fingerprint density at radius 3 is 2.39 bits per heavy atom. The number of rotatable bonds is 7. The zero-order valence-electron chi connectivity index (χ0n) is 16.1. The molecule has 1 aromatic heterocycles. The number of halogens is 1. The van der Waals surface area contributed by atoms with Gasteiger partial charge in [0.15, 0.2) is 5.78 Å². The highest BCUT2D eigenvalue weighted by Crippen LogP contribution is 2.31. The highest BCUT2D eigenvalue weighted by Gasteiger charge is 2.21. The first-order valence-corrected chi connectivity index (χ1v) is 9.75. The van der Waals surface area contributed by atoms with Gasteiger partial charge in [-0.15, -0.1) is 0 Å². The van der Waals surface area contributed by atoms with Gasteiger partial charge in [-0.2, -0.15) is 0 Å². The lowest BCUT2D eigenvalue weighted by molar-refractivity contribution is -0.140. The molecule has 0 aliphatic rings. The van der Waals surface area contributed by atoms with Gasteiger partial charge in [-0.1, -0.05) is 28.1 Å². The number of ketones is 1. The van der Waals surface area contributed by atoms with Crippen molar-refractivity contribution >= 4 is 38.6 Å². The fourth-order valence-electron chi connectivity index (χ4n) is 3.36. The second kappa shape index (κ2) is 8.61. The summed E-state index contributed by atoms with van der Waals surface area (Å²) in [5.74, 6) is 0.230. The van der Waals surface area contributed by atoms with Crippen molar-refractivity contribution in [1.29, 1.82) is 0 Å². The standard InChI is InChI=1S/C22H22BrNO4/c1-14-22(20(25)10-11-21(26)28-3)18-12-17(27-2)8-9-19(18)24(14)13-15-4-6-16(23)7-5-15/h4-9,12H,10-11,13H2,1-3H3. The number of benzene rings is 2. The van der Waals surface area contributed by atoms with Crippen LogP contribution in [0.1, 0.15) is 34.5 Å². The number of aromatic nitrogens is 1. The van der Waals surface area contributed by atoms with Crippen molar-refractivity contribution in [2.24, 2.45) is 0 Å². The van der Waals surface area contributed by atoms with E-state index >= 15 is 0 Å². The van der Waals surface area contributed by atoms with Gasteiger partial charge in [0, 0.05) is 39.6 Å². The van der Waals surface area contributed by atoms with Crippen molar-refractivity contribution in [2.75, 3.05) is 14.2 Å². The number of nitrogens with zero attached hydrogens (tertiary/aromatic N) is 1. The summed E-state index contributed by atoms with van der Waals surface area (Å²) in [5.41, 5.74) is 3.60. The monoisotopic (exact) mass is 443 g/mol. The number of methoxy groups -OCH3 is 2. The van der Waals surface area contributed by atoms with Gasteiger partial charge in [0.05, 0.1) is 20.6 Å². The summed E-state index contributed by atoms with van der Waals surface area (Å²) in [6.45, 7) is 2.59. The maximum atomic E-state index is 12.9. The molecule has 0 unspecified atom stereocenters. The van der Waals surface area contributed by atoms with Crippen LogP contribution in [0.25, 0.3) is 10.9 Å². The topological polar surface area (TPSA) is 57.5 Å². The second-order valence-electron chi connectivity index (χ2n) is 6.56. The number of fused-ring (bicyclic) bond motifs is 1. The molecule has 0 bridgehead atoms. The molecule has 0 saturated heterocycles. The number of carbonyl (C=O) groups excluding carboxylic acids is 2. The Labute approximate surface area is 172 Å². The number of hydrogen-bond acceptors (Lipinski definition) is 4. The summed E-state index contributed by atoms with van der Waals surface area (Å²) in [4.78, 5) is 24.4. The molecular weight excluding hydrogens is 422 g/mol. The van der Waals surface area contributed by atoms with E-state index in [0.29, 0.717) is 17.9 Å². The molecule has 0 radical (unpaired) electrons. The van der Waals surface area contributed by atoms with Gasteiger partial charge in [-0.25, -0.2) is 0 Å². The van der Waals surface area contributed by atoms with Gasteiger partial charge in [0.25, 0.3) is 0 Å². The van der Waals surface area contributed by atoms with E-state index < -0.39 is 0 Å². The molecule has 0 N–H and O–H groups in total. The van der Waals surface area contributed by atoms with E-state index in [1.165, 1.54) is 7.11 Å². The highest BCUT2D eigenvalue weighted by atomic mass is 79.9. The predicted octanol–water partition coefficient (Wildman–Crippen LogP) is 4.91. The first-order chi connectivity index (χ1) is 13.4. The second-order valence-corrected chi connectivity index (χ2v) is 7.47. The smallest absolute Gasteiger partial charge is 0.305 e. The minimum atomic E-state index is -0.387. The zero-order chi connectivity index (χ0) is 20.3. The fourth-order valence-corrected chi connectivity index (χ4v) is 3.62. The first-order valence-electron chi connectivity index (χ1n) is 8.96. The van der Waals surface area contributed by atoms with E-state index in [0.717, 1.165) is 26.6 Å². The maximum Gasteiger partial charge on any atom is 0.305 e. The first kappa shape index (κ1) is 20.1. The Morgan fingerprint density at radius 1 is 1.04 bits per heavy atom. The Morgan fingerprint density at radius 2 is 1.75 bits per heavy atom. The van der Waals surface area contributed by atoms with Gasteiger partial charge in [0.1, 0.15) is 5.75 Å². The number of hydrogen-bond donors (Lipinski definition) is 0. The Balaban J connectivity index is 2.06. The number of ether oxygens (including phenoxy) is 2. The lowest BCUT2D eigenvalue weighted by Crippen LogP contribution is -2.08. The molecule has 28 heavy (non-hydrogen) atoms. The quantitative estimate of drug-likeness (QED) is 0.384. The predicted molar refractivity (Wildman–Crippen MR) is 112 cm³/mol. The summed E-state index contributed by atoms with van der Waals surface area (Å²) in [6.07, 6.45) is 0.181. The number of Topliss-reactive ketones (excluding diaryl/α,β-unsaturated/α-hetero) is 1. The van der Waals surface area contributed by atoms with E-state index in [2.05, 4.69) is 37.4 Å². The van der Waals surface area contributed by atoms with Crippen LogP contribution in [-0.4, -0.2) is 30.5 Å². The third kappa shape index (κ3) is 4.12. The van der Waals surface area contributed by atoms with Crippen LogP contribution in [0.4, 0.5) is 0 Å². The average molecular weight is 444 g/mol. The van der Waals surface area contributed by atoms with Crippen molar-refractivity contribution in [1.82, 2.24) is 4.57 Å². The van der Waals surface area contributed by atoms with Gasteiger partial charge in [-0.05, 0) is 42.8 Å². The molecule has 0 spiro atoms. The minimum Gasteiger partial charge on any atom is -0.497 e. The largest absolute Gasteiger partial charge is 0.497 e. The van der Waals surface area contributed by atoms with E-state index in [1.54, 1.807) is 7.11 Å². The molecule has 2 aromatic carbocycles. The van der Waals surface area contributed by atoms with Gasteiger partial charge in [-0.3, -0.25) is 9.59 Å².